The SMILES string of the molecule is CCCCC(N)CN1CCCC(C)(OC)C1. The first-order valence-electron chi connectivity index (χ1n) is 6.63. The maximum absolute atomic E-state index is 6.14. The minimum Gasteiger partial charge on any atom is -0.377 e. The molecule has 1 aliphatic rings. The van der Waals surface area contributed by atoms with Crippen LogP contribution in [0.5, 0.6) is 0 Å². The predicted molar refractivity (Wildman–Crippen MR) is 68.6 cm³/mol. The Hall–Kier alpha value is -0.120. The summed E-state index contributed by atoms with van der Waals surface area (Å²) in [7, 11) is 1.82. The molecule has 3 nitrogen and oxygen atoms in total. The number of unbranched alkanes of at least 4 members (excludes halogenated alkanes) is 1. The first kappa shape index (κ1) is 13.9. The number of rotatable bonds is 6. The number of ether oxygens (including phenoxy) is 1. The highest BCUT2D eigenvalue weighted by Gasteiger charge is 2.30. The van der Waals surface area contributed by atoms with Crippen molar-refractivity contribution < 1.29 is 4.74 Å². The number of nitrogens with zero attached hydrogens (tertiary/aromatic N) is 1. The average molecular weight is 228 g/mol. The Morgan fingerprint density at radius 3 is 2.88 bits per heavy atom. The molecule has 0 radical (unpaired) electrons. The molecule has 0 amide bonds. The third-order valence-corrected chi connectivity index (χ3v) is 3.65. The van der Waals surface area contributed by atoms with Crippen LogP contribution in [0.2, 0.25) is 0 Å². The first-order chi connectivity index (χ1) is 7.59. The molecular weight excluding hydrogens is 200 g/mol. The second kappa shape index (κ2) is 6.58. The van der Waals surface area contributed by atoms with E-state index in [2.05, 4.69) is 18.7 Å². The predicted octanol–water partition coefficient (Wildman–Crippen LogP) is 2.00. The molecule has 1 fully saturated rings. The molecule has 2 N–H and O–H groups in total. The minimum atomic E-state index is 0.0444. The van der Waals surface area contributed by atoms with Gasteiger partial charge in [-0.3, -0.25) is 4.90 Å². The first-order valence-corrected chi connectivity index (χ1v) is 6.63. The van der Waals surface area contributed by atoms with Crippen molar-refractivity contribution in [3.05, 3.63) is 0 Å². The lowest BCUT2D eigenvalue weighted by Gasteiger charge is -2.40. The number of nitrogens with two attached hydrogens (primary N) is 1. The van der Waals surface area contributed by atoms with Crippen molar-refractivity contribution in [2.24, 2.45) is 5.73 Å². The van der Waals surface area contributed by atoms with Crippen molar-refractivity contribution in [2.75, 3.05) is 26.7 Å². The van der Waals surface area contributed by atoms with E-state index >= 15 is 0 Å². The van der Waals surface area contributed by atoms with E-state index in [-0.39, 0.29) is 5.60 Å². The summed E-state index contributed by atoms with van der Waals surface area (Å²) >= 11 is 0. The van der Waals surface area contributed by atoms with Gasteiger partial charge in [0.1, 0.15) is 0 Å². The number of methoxy groups -OCH3 is 1. The van der Waals surface area contributed by atoms with Crippen LogP contribution in [0.25, 0.3) is 0 Å². The zero-order valence-corrected chi connectivity index (χ0v) is 11.2. The van der Waals surface area contributed by atoms with Crippen molar-refractivity contribution in [2.45, 2.75) is 57.6 Å². The highest BCUT2D eigenvalue weighted by Crippen LogP contribution is 2.23. The number of piperidine rings is 1. The van der Waals surface area contributed by atoms with Crippen molar-refractivity contribution in [3.8, 4) is 0 Å². The summed E-state index contributed by atoms with van der Waals surface area (Å²) in [5.74, 6) is 0. The van der Waals surface area contributed by atoms with Crippen LogP contribution in [0.4, 0.5) is 0 Å². The van der Waals surface area contributed by atoms with Crippen molar-refractivity contribution in [3.63, 3.8) is 0 Å². The standard InChI is InChI=1S/C13H28N2O/c1-4-5-7-12(14)10-15-9-6-8-13(2,11-15)16-3/h12H,4-11,14H2,1-3H3. The van der Waals surface area contributed by atoms with Gasteiger partial charge in [0, 0.05) is 26.2 Å². The molecule has 0 spiro atoms. The lowest BCUT2D eigenvalue weighted by molar-refractivity contribution is -0.0517. The van der Waals surface area contributed by atoms with Crippen LogP contribution in [0.3, 0.4) is 0 Å². The number of hydrogen-bond acceptors (Lipinski definition) is 3. The second-order valence-corrected chi connectivity index (χ2v) is 5.40. The summed E-state index contributed by atoms with van der Waals surface area (Å²) in [5.41, 5.74) is 6.18. The summed E-state index contributed by atoms with van der Waals surface area (Å²) < 4.78 is 5.59. The zero-order valence-electron chi connectivity index (χ0n) is 11.2. The fourth-order valence-corrected chi connectivity index (χ4v) is 2.52. The number of hydrogen-bond donors (Lipinski definition) is 1. The van der Waals surface area contributed by atoms with Crippen LogP contribution in [-0.2, 0) is 4.74 Å². The van der Waals surface area contributed by atoms with Gasteiger partial charge < -0.3 is 10.5 Å². The number of likely N-dealkylation sites (tertiary alicyclic amines) is 1. The largest absolute Gasteiger partial charge is 0.377 e. The van der Waals surface area contributed by atoms with Crippen LogP contribution < -0.4 is 5.73 Å². The van der Waals surface area contributed by atoms with Crippen LogP contribution in [0.1, 0.15) is 46.0 Å². The smallest absolute Gasteiger partial charge is 0.0777 e. The molecule has 1 aliphatic heterocycles. The molecule has 0 saturated carbocycles. The van der Waals surface area contributed by atoms with Gasteiger partial charge in [-0.2, -0.15) is 0 Å². The highest BCUT2D eigenvalue weighted by molar-refractivity contribution is 4.85. The highest BCUT2D eigenvalue weighted by atomic mass is 16.5. The minimum absolute atomic E-state index is 0.0444. The van der Waals surface area contributed by atoms with E-state index in [4.69, 9.17) is 10.5 Å². The van der Waals surface area contributed by atoms with Crippen molar-refractivity contribution in [1.29, 1.82) is 0 Å². The maximum Gasteiger partial charge on any atom is 0.0777 e. The maximum atomic E-state index is 6.14. The van der Waals surface area contributed by atoms with E-state index in [9.17, 15) is 0 Å². The average Bonchev–Trinajstić information content (AvgIpc) is 2.26. The van der Waals surface area contributed by atoms with Crippen molar-refractivity contribution in [1.82, 2.24) is 4.90 Å². The van der Waals surface area contributed by atoms with Gasteiger partial charge in [-0.05, 0) is 32.7 Å². The van der Waals surface area contributed by atoms with E-state index < -0.39 is 0 Å². The van der Waals surface area contributed by atoms with Gasteiger partial charge in [-0.25, -0.2) is 0 Å². The fraction of sp³-hybridized carbons (Fsp3) is 1.00. The monoisotopic (exact) mass is 228 g/mol. The molecule has 0 aromatic rings. The Labute approximate surface area is 100 Å². The Balaban J connectivity index is 2.31. The van der Waals surface area contributed by atoms with E-state index in [1.54, 1.807) is 0 Å². The third-order valence-electron chi connectivity index (χ3n) is 3.65. The van der Waals surface area contributed by atoms with Gasteiger partial charge in [0.05, 0.1) is 5.60 Å². The van der Waals surface area contributed by atoms with E-state index in [0.29, 0.717) is 6.04 Å². The molecule has 1 heterocycles. The molecule has 16 heavy (non-hydrogen) atoms. The molecule has 0 aromatic heterocycles. The Bertz CT molecular complexity index is 198. The molecule has 1 rings (SSSR count). The Morgan fingerprint density at radius 2 is 2.25 bits per heavy atom. The van der Waals surface area contributed by atoms with Crippen LogP contribution in [0, 0.1) is 0 Å². The molecule has 2 unspecified atom stereocenters. The van der Waals surface area contributed by atoms with Crippen LogP contribution in [0.15, 0.2) is 0 Å². The molecule has 2 atom stereocenters. The molecule has 1 saturated heterocycles. The topological polar surface area (TPSA) is 38.5 Å². The molecular formula is C13H28N2O. The molecule has 0 aromatic carbocycles. The Kier molecular flexibility index (Phi) is 5.73. The van der Waals surface area contributed by atoms with Gasteiger partial charge in [-0.15, -0.1) is 0 Å². The Morgan fingerprint density at radius 1 is 1.50 bits per heavy atom. The van der Waals surface area contributed by atoms with Crippen LogP contribution in [-0.4, -0.2) is 43.3 Å². The third kappa shape index (κ3) is 4.40. The van der Waals surface area contributed by atoms with E-state index in [1.807, 2.05) is 7.11 Å². The van der Waals surface area contributed by atoms with Gasteiger partial charge >= 0.3 is 0 Å². The summed E-state index contributed by atoms with van der Waals surface area (Å²) in [4.78, 5) is 2.47. The lowest BCUT2D eigenvalue weighted by atomic mass is 9.94. The fourth-order valence-electron chi connectivity index (χ4n) is 2.52. The summed E-state index contributed by atoms with van der Waals surface area (Å²) in [5, 5.41) is 0. The van der Waals surface area contributed by atoms with Crippen molar-refractivity contribution >= 4 is 0 Å². The molecule has 96 valence electrons. The normalized spacial score (nSPS) is 29.2. The van der Waals surface area contributed by atoms with Gasteiger partial charge in [0.2, 0.25) is 0 Å². The van der Waals surface area contributed by atoms with E-state index in [0.717, 1.165) is 19.5 Å². The van der Waals surface area contributed by atoms with Gasteiger partial charge in [0.15, 0.2) is 0 Å². The van der Waals surface area contributed by atoms with Gasteiger partial charge in [-0.1, -0.05) is 19.8 Å². The summed E-state index contributed by atoms with van der Waals surface area (Å²) in [6.07, 6.45) is 6.03. The van der Waals surface area contributed by atoms with Crippen LogP contribution >= 0.6 is 0 Å². The quantitative estimate of drug-likeness (QED) is 0.756. The lowest BCUT2D eigenvalue weighted by Crippen LogP contribution is -2.50. The molecule has 0 aliphatic carbocycles. The van der Waals surface area contributed by atoms with Gasteiger partial charge in [0.25, 0.3) is 0 Å². The molecule has 3 heteroatoms. The molecule has 0 bridgehead atoms. The summed E-state index contributed by atoms with van der Waals surface area (Å²) in [6.45, 7) is 7.66. The zero-order chi connectivity index (χ0) is 12.0. The second-order valence-electron chi connectivity index (χ2n) is 5.40. The summed E-state index contributed by atoms with van der Waals surface area (Å²) in [6, 6.07) is 0.333. The van der Waals surface area contributed by atoms with E-state index in [1.165, 1.54) is 32.2 Å².